The minimum Gasteiger partial charge on any atom is -0.465 e. The normalized spacial score (nSPS) is 10.3. The molecule has 1 N–H and O–H groups in total. The third kappa shape index (κ3) is 4.17. The number of ketones is 2. The molecule has 1 aromatic carbocycles. The highest BCUT2D eigenvalue weighted by molar-refractivity contribution is 9.10. The van der Waals surface area contributed by atoms with Gasteiger partial charge in [-0.05, 0) is 38.1 Å². The smallest absolute Gasteiger partial charge is 0.411 e. The van der Waals surface area contributed by atoms with Crippen LogP contribution in [-0.2, 0) is 9.59 Å². The van der Waals surface area contributed by atoms with Crippen molar-refractivity contribution in [2.24, 2.45) is 5.92 Å². The summed E-state index contributed by atoms with van der Waals surface area (Å²) in [5.74, 6) is -1.61. The number of halogens is 1. The zero-order valence-electron chi connectivity index (χ0n) is 10.6. The molecule has 19 heavy (non-hydrogen) atoms. The van der Waals surface area contributed by atoms with Gasteiger partial charge in [0.2, 0.25) is 0 Å². The van der Waals surface area contributed by atoms with Gasteiger partial charge < -0.3 is 5.11 Å². The molecule has 0 spiro atoms. The maximum Gasteiger partial charge on any atom is 0.411 e. The molecule has 0 heterocycles. The lowest BCUT2D eigenvalue weighted by molar-refractivity contribution is -0.129. The first kappa shape index (κ1) is 15.4. The second-order valence-corrected chi connectivity index (χ2v) is 5.06. The summed E-state index contributed by atoms with van der Waals surface area (Å²) in [4.78, 5) is 35.0. The SMILES string of the molecule is CC(=O)C(CN(C(=O)O)c1ccc(Br)cc1)C(C)=O. The lowest BCUT2D eigenvalue weighted by atomic mass is 10.00. The van der Waals surface area contributed by atoms with Crippen LogP contribution in [0.5, 0.6) is 0 Å². The summed E-state index contributed by atoms with van der Waals surface area (Å²) in [5, 5.41) is 9.20. The number of carboxylic acid groups (broad SMARTS) is 1. The van der Waals surface area contributed by atoms with Gasteiger partial charge in [0, 0.05) is 16.7 Å². The fraction of sp³-hybridized carbons (Fsp3) is 0.308. The average Bonchev–Trinajstić information content (AvgIpc) is 2.30. The molecule has 0 aliphatic rings. The van der Waals surface area contributed by atoms with Crippen LogP contribution in [0.3, 0.4) is 0 Å². The average molecular weight is 328 g/mol. The fourth-order valence-corrected chi connectivity index (χ4v) is 1.91. The molecular weight excluding hydrogens is 314 g/mol. The van der Waals surface area contributed by atoms with Gasteiger partial charge in [-0.25, -0.2) is 4.79 Å². The van der Waals surface area contributed by atoms with E-state index in [2.05, 4.69) is 15.9 Å². The molecule has 0 atom stereocenters. The number of hydrogen-bond acceptors (Lipinski definition) is 3. The maximum atomic E-state index is 11.4. The van der Waals surface area contributed by atoms with Gasteiger partial charge in [0.25, 0.3) is 0 Å². The van der Waals surface area contributed by atoms with Crippen molar-refractivity contribution < 1.29 is 19.5 Å². The Morgan fingerprint density at radius 3 is 2.00 bits per heavy atom. The summed E-state index contributed by atoms with van der Waals surface area (Å²) in [6, 6.07) is 6.61. The van der Waals surface area contributed by atoms with Gasteiger partial charge in [-0.2, -0.15) is 0 Å². The molecule has 6 heteroatoms. The van der Waals surface area contributed by atoms with Crippen LogP contribution in [-0.4, -0.2) is 29.3 Å². The van der Waals surface area contributed by atoms with E-state index in [4.69, 9.17) is 0 Å². The van der Waals surface area contributed by atoms with E-state index in [1.165, 1.54) is 13.8 Å². The molecule has 1 rings (SSSR count). The topological polar surface area (TPSA) is 74.7 Å². The molecule has 0 aromatic heterocycles. The molecule has 0 bridgehead atoms. The van der Waals surface area contributed by atoms with Gasteiger partial charge in [-0.1, -0.05) is 15.9 Å². The van der Waals surface area contributed by atoms with Crippen LogP contribution in [0.4, 0.5) is 10.5 Å². The Hall–Kier alpha value is -1.69. The number of carbonyl (C=O) groups excluding carboxylic acids is 2. The minimum absolute atomic E-state index is 0.165. The first-order valence-electron chi connectivity index (χ1n) is 5.60. The molecule has 0 radical (unpaired) electrons. The van der Waals surface area contributed by atoms with Crippen molar-refractivity contribution in [2.75, 3.05) is 11.4 Å². The predicted octanol–water partition coefficient (Wildman–Crippen LogP) is 2.73. The van der Waals surface area contributed by atoms with Crippen LogP contribution >= 0.6 is 15.9 Å². The molecular formula is C13H14BrNO4. The number of carbonyl (C=O) groups is 3. The van der Waals surface area contributed by atoms with E-state index in [1.807, 2.05) is 0 Å². The summed E-state index contributed by atoms with van der Waals surface area (Å²) >= 11 is 3.25. The van der Waals surface area contributed by atoms with Gasteiger partial charge in [0.05, 0.1) is 5.92 Å². The molecule has 5 nitrogen and oxygen atoms in total. The zero-order valence-corrected chi connectivity index (χ0v) is 12.2. The van der Waals surface area contributed by atoms with Crippen LogP contribution in [0.1, 0.15) is 13.8 Å². The van der Waals surface area contributed by atoms with Gasteiger partial charge in [0.15, 0.2) is 0 Å². The van der Waals surface area contributed by atoms with Crippen molar-refractivity contribution in [3.63, 3.8) is 0 Å². The summed E-state index contributed by atoms with van der Waals surface area (Å²) in [5.41, 5.74) is 0.420. The Morgan fingerprint density at radius 2 is 1.63 bits per heavy atom. The van der Waals surface area contributed by atoms with E-state index in [0.29, 0.717) is 5.69 Å². The lowest BCUT2D eigenvalue weighted by Crippen LogP contribution is -2.39. The zero-order chi connectivity index (χ0) is 14.6. The second kappa shape index (κ2) is 6.47. The van der Waals surface area contributed by atoms with Crippen molar-refractivity contribution in [1.29, 1.82) is 0 Å². The van der Waals surface area contributed by atoms with Crippen LogP contribution < -0.4 is 4.90 Å². The van der Waals surface area contributed by atoms with Crippen LogP contribution in [0, 0.1) is 5.92 Å². The number of amides is 1. The highest BCUT2D eigenvalue weighted by atomic mass is 79.9. The number of nitrogens with zero attached hydrogens (tertiary/aromatic N) is 1. The summed E-state index contributed by atoms with van der Waals surface area (Å²) in [7, 11) is 0. The molecule has 1 aromatic rings. The molecule has 0 fully saturated rings. The van der Waals surface area contributed by atoms with Crippen LogP contribution in [0.2, 0.25) is 0 Å². The lowest BCUT2D eigenvalue weighted by Gasteiger charge is -2.22. The molecule has 0 saturated carbocycles. The molecule has 0 unspecified atom stereocenters. The standard InChI is InChI=1S/C13H14BrNO4/c1-8(16)12(9(2)17)7-15(13(18)19)11-5-3-10(14)4-6-11/h3-6,12H,7H2,1-2H3,(H,18,19). The van der Waals surface area contributed by atoms with Crippen molar-refractivity contribution in [3.05, 3.63) is 28.7 Å². The van der Waals surface area contributed by atoms with E-state index >= 15 is 0 Å². The number of anilines is 1. The third-order valence-electron chi connectivity index (χ3n) is 2.72. The monoisotopic (exact) mass is 327 g/mol. The Labute approximate surface area is 119 Å². The van der Waals surface area contributed by atoms with E-state index < -0.39 is 12.0 Å². The highest BCUT2D eigenvalue weighted by Gasteiger charge is 2.26. The quantitative estimate of drug-likeness (QED) is 0.844. The first-order chi connectivity index (χ1) is 8.82. The number of rotatable bonds is 5. The van der Waals surface area contributed by atoms with Crippen molar-refractivity contribution in [1.82, 2.24) is 0 Å². The number of hydrogen-bond donors (Lipinski definition) is 1. The maximum absolute atomic E-state index is 11.4. The van der Waals surface area contributed by atoms with Gasteiger partial charge in [-0.3, -0.25) is 14.5 Å². The van der Waals surface area contributed by atoms with E-state index in [0.717, 1.165) is 9.37 Å². The number of Topliss-reactive ketones (excluding diaryl/α,β-unsaturated/α-hetero) is 2. The largest absolute Gasteiger partial charge is 0.465 e. The summed E-state index contributed by atoms with van der Waals surface area (Å²) < 4.78 is 0.816. The molecule has 0 saturated heterocycles. The van der Waals surface area contributed by atoms with Crippen molar-refractivity contribution in [3.8, 4) is 0 Å². The fourth-order valence-electron chi connectivity index (χ4n) is 1.64. The highest BCUT2D eigenvalue weighted by Crippen LogP contribution is 2.20. The Balaban J connectivity index is 3.01. The van der Waals surface area contributed by atoms with E-state index in [-0.39, 0.29) is 18.1 Å². The number of benzene rings is 1. The van der Waals surface area contributed by atoms with E-state index in [9.17, 15) is 19.5 Å². The first-order valence-corrected chi connectivity index (χ1v) is 6.39. The summed E-state index contributed by atoms with van der Waals surface area (Å²) in [6.07, 6.45) is -1.20. The van der Waals surface area contributed by atoms with Crippen LogP contribution in [0.15, 0.2) is 28.7 Å². The molecule has 0 aliphatic carbocycles. The molecule has 102 valence electrons. The van der Waals surface area contributed by atoms with Crippen molar-refractivity contribution in [2.45, 2.75) is 13.8 Å². The molecule has 1 amide bonds. The van der Waals surface area contributed by atoms with Gasteiger partial charge in [-0.15, -0.1) is 0 Å². The van der Waals surface area contributed by atoms with Crippen LogP contribution in [0.25, 0.3) is 0 Å². The summed E-state index contributed by atoms with van der Waals surface area (Å²) in [6.45, 7) is 2.41. The van der Waals surface area contributed by atoms with Gasteiger partial charge >= 0.3 is 6.09 Å². The second-order valence-electron chi connectivity index (χ2n) is 4.14. The Kier molecular flexibility index (Phi) is 5.23. The minimum atomic E-state index is -1.20. The van der Waals surface area contributed by atoms with Crippen molar-refractivity contribution >= 4 is 39.3 Å². The van der Waals surface area contributed by atoms with E-state index in [1.54, 1.807) is 24.3 Å². The molecule has 0 aliphatic heterocycles. The predicted molar refractivity (Wildman–Crippen MR) is 74.4 cm³/mol. The van der Waals surface area contributed by atoms with Gasteiger partial charge in [0.1, 0.15) is 11.6 Å². The Bertz CT molecular complexity index is 484. The Morgan fingerprint density at radius 1 is 1.16 bits per heavy atom. The third-order valence-corrected chi connectivity index (χ3v) is 3.24.